The topological polar surface area (TPSA) is 37.8 Å². The third kappa shape index (κ3) is 3.38. The molecule has 0 amide bonds. The van der Waals surface area contributed by atoms with Gasteiger partial charge in [0.2, 0.25) is 0 Å². The van der Waals surface area contributed by atoms with Crippen LogP contribution < -0.4 is 5.32 Å². The van der Waals surface area contributed by atoms with Crippen molar-refractivity contribution in [2.75, 3.05) is 13.1 Å². The van der Waals surface area contributed by atoms with Crippen molar-refractivity contribution in [2.45, 2.75) is 65.7 Å². The molecule has 3 atom stereocenters. The molecule has 1 fully saturated rings. The summed E-state index contributed by atoms with van der Waals surface area (Å²) in [6.07, 6.45) is 3.84. The van der Waals surface area contributed by atoms with Crippen molar-refractivity contribution in [2.24, 2.45) is 5.92 Å². The summed E-state index contributed by atoms with van der Waals surface area (Å²) >= 11 is 0. The number of hydrogen-bond acceptors (Lipinski definition) is 3. The van der Waals surface area contributed by atoms with Crippen LogP contribution in [0.1, 0.15) is 74.6 Å². The molecule has 3 heteroatoms. The fourth-order valence-corrected chi connectivity index (χ4v) is 3.55. The Morgan fingerprint density at radius 1 is 1.20 bits per heavy atom. The molecule has 1 N–H and O–H groups in total. The smallest absolute Gasteiger partial charge is 0.131 e. The summed E-state index contributed by atoms with van der Waals surface area (Å²) in [4.78, 5) is 9.68. The van der Waals surface area contributed by atoms with Gasteiger partial charge in [-0.1, -0.05) is 20.8 Å². The number of hydrogen-bond donors (Lipinski definition) is 1. The number of likely N-dealkylation sites (N-methyl/N-ethyl adjacent to an activating group) is 1. The van der Waals surface area contributed by atoms with Crippen LogP contribution in [-0.4, -0.2) is 23.1 Å². The first kappa shape index (κ1) is 15.4. The van der Waals surface area contributed by atoms with E-state index in [-0.39, 0.29) is 0 Å². The van der Waals surface area contributed by atoms with Crippen LogP contribution in [0, 0.1) is 19.8 Å². The quantitative estimate of drug-likeness (QED) is 0.890. The second kappa shape index (κ2) is 6.66. The first-order chi connectivity index (χ1) is 9.52. The van der Waals surface area contributed by atoms with Crippen LogP contribution in [0.2, 0.25) is 0 Å². The highest BCUT2D eigenvalue weighted by molar-refractivity contribution is 5.29. The summed E-state index contributed by atoms with van der Waals surface area (Å²) < 4.78 is 0. The number of rotatable bonds is 5. The number of aromatic nitrogens is 2. The summed E-state index contributed by atoms with van der Waals surface area (Å²) in [7, 11) is 0. The van der Waals surface area contributed by atoms with Gasteiger partial charge in [-0.2, -0.15) is 0 Å². The molecule has 2 rings (SSSR count). The Morgan fingerprint density at radius 3 is 2.35 bits per heavy atom. The van der Waals surface area contributed by atoms with Crippen molar-refractivity contribution in [3.05, 3.63) is 22.8 Å². The van der Waals surface area contributed by atoms with E-state index in [1.165, 1.54) is 36.2 Å². The van der Waals surface area contributed by atoms with E-state index >= 15 is 0 Å². The number of nitrogens with zero attached hydrogens (tertiary/aromatic N) is 2. The van der Waals surface area contributed by atoms with Crippen LogP contribution in [-0.2, 0) is 0 Å². The maximum Gasteiger partial charge on any atom is 0.131 e. The second-order valence-electron chi connectivity index (χ2n) is 6.49. The first-order valence-corrected chi connectivity index (χ1v) is 8.08. The zero-order chi connectivity index (χ0) is 14.7. The van der Waals surface area contributed by atoms with Crippen LogP contribution in [0.15, 0.2) is 0 Å². The van der Waals surface area contributed by atoms with Gasteiger partial charge in [-0.25, -0.2) is 9.97 Å². The molecular weight excluding hydrogens is 246 g/mol. The van der Waals surface area contributed by atoms with Gasteiger partial charge in [0.1, 0.15) is 5.82 Å². The minimum atomic E-state index is 0.478. The summed E-state index contributed by atoms with van der Waals surface area (Å²) in [6.45, 7) is 13.1. The lowest BCUT2D eigenvalue weighted by atomic mass is 9.97. The third-order valence-corrected chi connectivity index (χ3v) is 4.60. The zero-order valence-corrected chi connectivity index (χ0v) is 13.7. The molecule has 0 saturated heterocycles. The standard InChI is InChI=1S/C17H29N3/c1-6-18-10-12(3)16-13(4)19-17(20-14(16)5)15-8-7-11(2)9-15/h11-12,15,18H,6-10H2,1-5H3. The summed E-state index contributed by atoms with van der Waals surface area (Å²) in [5, 5.41) is 3.42. The van der Waals surface area contributed by atoms with E-state index in [1.54, 1.807) is 0 Å². The lowest BCUT2D eigenvalue weighted by Crippen LogP contribution is -2.21. The molecule has 1 aromatic heterocycles. The SMILES string of the molecule is CCNCC(C)c1c(C)nc(C2CCC(C)C2)nc1C. The normalized spacial score (nSPS) is 24.1. The van der Waals surface area contributed by atoms with Crippen molar-refractivity contribution in [3.8, 4) is 0 Å². The number of nitrogens with one attached hydrogen (secondary N) is 1. The monoisotopic (exact) mass is 275 g/mol. The fourth-order valence-electron chi connectivity index (χ4n) is 3.55. The number of aryl methyl sites for hydroxylation is 2. The first-order valence-electron chi connectivity index (χ1n) is 8.08. The molecule has 0 aromatic carbocycles. The largest absolute Gasteiger partial charge is 0.316 e. The molecule has 112 valence electrons. The average Bonchev–Trinajstić information content (AvgIpc) is 2.82. The lowest BCUT2D eigenvalue weighted by Gasteiger charge is -2.19. The van der Waals surface area contributed by atoms with Crippen LogP contribution in [0.4, 0.5) is 0 Å². The van der Waals surface area contributed by atoms with Gasteiger partial charge in [0.15, 0.2) is 0 Å². The van der Waals surface area contributed by atoms with Gasteiger partial charge >= 0.3 is 0 Å². The second-order valence-corrected chi connectivity index (χ2v) is 6.49. The molecule has 20 heavy (non-hydrogen) atoms. The molecule has 3 nitrogen and oxygen atoms in total. The highest BCUT2D eigenvalue weighted by atomic mass is 14.9. The Balaban J connectivity index is 2.20. The molecule has 0 spiro atoms. The third-order valence-electron chi connectivity index (χ3n) is 4.60. The molecule has 1 aliphatic rings. The fraction of sp³-hybridized carbons (Fsp3) is 0.765. The maximum atomic E-state index is 4.84. The molecule has 0 aliphatic heterocycles. The van der Waals surface area contributed by atoms with Crippen molar-refractivity contribution >= 4 is 0 Å². The summed E-state index contributed by atoms with van der Waals surface area (Å²) in [6, 6.07) is 0. The van der Waals surface area contributed by atoms with E-state index in [9.17, 15) is 0 Å². The van der Waals surface area contributed by atoms with Gasteiger partial charge < -0.3 is 5.32 Å². The maximum absolute atomic E-state index is 4.84. The van der Waals surface area contributed by atoms with E-state index in [1.807, 2.05) is 0 Å². The van der Waals surface area contributed by atoms with Crippen LogP contribution in [0.3, 0.4) is 0 Å². The van der Waals surface area contributed by atoms with Gasteiger partial charge in [0, 0.05) is 23.9 Å². The molecule has 1 heterocycles. The molecular formula is C17H29N3. The molecule has 0 bridgehead atoms. The van der Waals surface area contributed by atoms with E-state index < -0.39 is 0 Å². The Bertz CT molecular complexity index is 433. The Kier molecular flexibility index (Phi) is 5.14. The Hall–Kier alpha value is -0.960. The van der Waals surface area contributed by atoms with Crippen molar-refractivity contribution < 1.29 is 0 Å². The van der Waals surface area contributed by atoms with Gasteiger partial charge in [-0.15, -0.1) is 0 Å². The van der Waals surface area contributed by atoms with Gasteiger partial charge in [-0.05, 0) is 57.1 Å². The van der Waals surface area contributed by atoms with E-state index in [0.29, 0.717) is 11.8 Å². The van der Waals surface area contributed by atoms with Crippen molar-refractivity contribution in [3.63, 3.8) is 0 Å². The molecule has 3 unspecified atom stereocenters. The van der Waals surface area contributed by atoms with E-state index in [2.05, 4.69) is 39.9 Å². The van der Waals surface area contributed by atoms with E-state index in [4.69, 9.17) is 9.97 Å². The zero-order valence-electron chi connectivity index (χ0n) is 13.7. The predicted octanol–water partition coefficient (Wildman–Crippen LogP) is 3.71. The minimum absolute atomic E-state index is 0.478. The molecule has 1 saturated carbocycles. The average molecular weight is 275 g/mol. The molecule has 0 radical (unpaired) electrons. The van der Waals surface area contributed by atoms with Crippen LogP contribution >= 0.6 is 0 Å². The van der Waals surface area contributed by atoms with Gasteiger partial charge in [0.05, 0.1) is 0 Å². The van der Waals surface area contributed by atoms with E-state index in [0.717, 1.165) is 24.8 Å². The molecule has 1 aromatic rings. The predicted molar refractivity (Wildman–Crippen MR) is 84.2 cm³/mol. The summed E-state index contributed by atoms with van der Waals surface area (Å²) in [5.41, 5.74) is 3.69. The lowest BCUT2D eigenvalue weighted by molar-refractivity contribution is 0.578. The minimum Gasteiger partial charge on any atom is -0.316 e. The highest BCUT2D eigenvalue weighted by Gasteiger charge is 2.26. The summed E-state index contributed by atoms with van der Waals surface area (Å²) in [5.74, 6) is 2.98. The van der Waals surface area contributed by atoms with Crippen LogP contribution in [0.5, 0.6) is 0 Å². The highest BCUT2D eigenvalue weighted by Crippen LogP contribution is 2.37. The van der Waals surface area contributed by atoms with Gasteiger partial charge in [-0.3, -0.25) is 0 Å². The van der Waals surface area contributed by atoms with Gasteiger partial charge in [0.25, 0.3) is 0 Å². The van der Waals surface area contributed by atoms with Crippen LogP contribution in [0.25, 0.3) is 0 Å². The Labute approximate surface area is 123 Å². The van der Waals surface area contributed by atoms with Crippen molar-refractivity contribution in [1.29, 1.82) is 0 Å². The molecule has 1 aliphatic carbocycles. The Morgan fingerprint density at radius 2 is 1.85 bits per heavy atom. The van der Waals surface area contributed by atoms with Crippen molar-refractivity contribution in [1.82, 2.24) is 15.3 Å².